The molecule has 0 saturated carbocycles. The molecule has 1 atom stereocenters. The fourth-order valence-electron chi connectivity index (χ4n) is 1.79. The molecule has 0 aliphatic rings. The van der Waals surface area contributed by atoms with Gasteiger partial charge in [0.1, 0.15) is 0 Å². The van der Waals surface area contributed by atoms with Crippen LogP contribution >= 0.6 is 0 Å². The third-order valence-corrected chi connectivity index (χ3v) is 2.87. The molecule has 2 rings (SSSR count). The standard InChI is InChI=1S/C14H17N3O2/c1-10(7-8-11-5-3-2-4-6-11)16-14-15-9-12(18)13(19)17-14/h2-6,9-10,18H,7-8H2,1H3,(H2,15,16,17,19). The lowest BCUT2D eigenvalue weighted by molar-refractivity contribution is 0.463. The van der Waals surface area contributed by atoms with Crippen molar-refractivity contribution in [1.82, 2.24) is 9.97 Å². The Morgan fingerprint density at radius 3 is 2.79 bits per heavy atom. The predicted octanol–water partition coefficient (Wildman–Crippen LogP) is 1.91. The van der Waals surface area contributed by atoms with Gasteiger partial charge in [-0.25, -0.2) is 4.98 Å². The van der Waals surface area contributed by atoms with Crippen LogP contribution in [0, 0.1) is 0 Å². The molecule has 1 aromatic carbocycles. The zero-order valence-corrected chi connectivity index (χ0v) is 10.8. The Hall–Kier alpha value is -2.30. The average molecular weight is 259 g/mol. The topological polar surface area (TPSA) is 78.0 Å². The molecule has 1 aromatic heterocycles. The number of anilines is 1. The number of benzene rings is 1. The summed E-state index contributed by atoms with van der Waals surface area (Å²) in [5, 5.41) is 12.2. The third kappa shape index (κ3) is 3.84. The molecule has 2 aromatic rings. The van der Waals surface area contributed by atoms with Crippen LogP contribution in [-0.4, -0.2) is 21.1 Å². The van der Waals surface area contributed by atoms with Crippen molar-refractivity contribution in [3.05, 3.63) is 52.4 Å². The highest BCUT2D eigenvalue weighted by Crippen LogP contribution is 2.08. The molecule has 19 heavy (non-hydrogen) atoms. The van der Waals surface area contributed by atoms with E-state index in [-0.39, 0.29) is 11.8 Å². The summed E-state index contributed by atoms with van der Waals surface area (Å²) in [5.74, 6) is 0.00542. The largest absolute Gasteiger partial charge is 0.502 e. The Balaban J connectivity index is 1.89. The molecular formula is C14H17N3O2. The number of nitrogens with zero attached hydrogens (tertiary/aromatic N) is 1. The van der Waals surface area contributed by atoms with Gasteiger partial charge in [0.05, 0.1) is 6.20 Å². The van der Waals surface area contributed by atoms with E-state index < -0.39 is 5.56 Å². The third-order valence-electron chi connectivity index (χ3n) is 2.87. The summed E-state index contributed by atoms with van der Waals surface area (Å²) in [6, 6.07) is 10.4. The van der Waals surface area contributed by atoms with Crippen LogP contribution in [0.3, 0.4) is 0 Å². The minimum absolute atomic E-state index is 0.174. The summed E-state index contributed by atoms with van der Waals surface area (Å²) in [6.45, 7) is 2.02. The van der Waals surface area contributed by atoms with Crippen LogP contribution in [0.25, 0.3) is 0 Å². The molecule has 0 fully saturated rings. The van der Waals surface area contributed by atoms with Crippen LogP contribution in [0.1, 0.15) is 18.9 Å². The average Bonchev–Trinajstić information content (AvgIpc) is 2.42. The summed E-state index contributed by atoms with van der Waals surface area (Å²) in [6.07, 6.45) is 3.02. The lowest BCUT2D eigenvalue weighted by atomic mass is 10.1. The minimum Gasteiger partial charge on any atom is -0.502 e. The summed E-state index contributed by atoms with van der Waals surface area (Å²) >= 11 is 0. The van der Waals surface area contributed by atoms with Crippen molar-refractivity contribution in [3.63, 3.8) is 0 Å². The molecule has 0 aliphatic heterocycles. The highest BCUT2D eigenvalue weighted by atomic mass is 16.3. The molecule has 0 amide bonds. The van der Waals surface area contributed by atoms with Gasteiger partial charge in [-0.2, -0.15) is 0 Å². The first-order valence-electron chi connectivity index (χ1n) is 6.24. The summed E-state index contributed by atoms with van der Waals surface area (Å²) in [7, 11) is 0. The lowest BCUT2D eigenvalue weighted by Crippen LogP contribution is -2.20. The van der Waals surface area contributed by atoms with Crippen molar-refractivity contribution in [2.75, 3.05) is 5.32 Å². The Morgan fingerprint density at radius 1 is 1.37 bits per heavy atom. The molecule has 5 heteroatoms. The van der Waals surface area contributed by atoms with Gasteiger partial charge in [-0.05, 0) is 25.3 Å². The maximum absolute atomic E-state index is 11.2. The van der Waals surface area contributed by atoms with Gasteiger partial charge >= 0.3 is 0 Å². The van der Waals surface area contributed by atoms with Crippen molar-refractivity contribution >= 4 is 5.95 Å². The maximum atomic E-state index is 11.2. The van der Waals surface area contributed by atoms with E-state index in [1.165, 1.54) is 5.56 Å². The Bertz CT molecular complexity index is 581. The highest BCUT2D eigenvalue weighted by molar-refractivity contribution is 5.27. The van der Waals surface area contributed by atoms with Crippen LogP contribution in [0.15, 0.2) is 41.3 Å². The number of aryl methyl sites for hydroxylation is 1. The van der Waals surface area contributed by atoms with Crippen molar-refractivity contribution in [3.8, 4) is 5.75 Å². The van der Waals surface area contributed by atoms with E-state index in [1.807, 2.05) is 25.1 Å². The number of hydrogen-bond donors (Lipinski definition) is 3. The van der Waals surface area contributed by atoms with Gasteiger partial charge in [-0.3, -0.25) is 9.78 Å². The number of rotatable bonds is 5. The minimum atomic E-state index is -0.534. The Kier molecular flexibility index (Phi) is 4.18. The monoisotopic (exact) mass is 259 g/mol. The molecule has 0 radical (unpaired) electrons. The van der Waals surface area contributed by atoms with E-state index in [4.69, 9.17) is 5.11 Å². The van der Waals surface area contributed by atoms with Gasteiger partial charge in [-0.15, -0.1) is 0 Å². The number of aromatic hydroxyl groups is 1. The van der Waals surface area contributed by atoms with E-state index in [0.29, 0.717) is 5.95 Å². The second-order valence-corrected chi connectivity index (χ2v) is 4.52. The fraction of sp³-hybridized carbons (Fsp3) is 0.286. The first kappa shape index (κ1) is 13.1. The quantitative estimate of drug-likeness (QED) is 0.766. The predicted molar refractivity (Wildman–Crippen MR) is 74.4 cm³/mol. The van der Waals surface area contributed by atoms with Crippen LogP contribution in [-0.2, 0) is 6.42 Å². The number of nitrogens with one attached hydrogen (secondary N) is 2. The zero-order valence-electron chi connectivity index (χ0n) is 10.8. The zero-order chi connectivity index (χ0) is 13.7. The van der Waals surface area contributed by atoms with Crippen molar-refractivity contribution in [2.45, 2.75) is 25.8 Å². The molecular weight excluding hydrogens is 242 g/mol. The second-order valence-electron chi connectivity index (χ2n) is 4.52. The number of H-pyrrole nitrogens is 1. The highest BCUT2D eigenvalue weighted by Gasteiger charge is 2.05. The number of hydrogen-bond acceptors (Lipinski definition) is 4. The van der Waals surface area contributed by atoms with E-state index >= 15 is 0 Å². The Morgan fingerprint density at radius 2 is 2.11 bits per heavy atom. The SMILES string of the molecule is CC(CCc1ccccc1)Nc1ncc(O)c(=O)[nH]1. The number of aromatic nitrogens is 2. The van der Waals surface area contributed by atoms with Gasteiger partial charge < -0.3 is 10.4 Å². The summed E-state index contributed by atoms with van der Waals surface area (Å²) in [5.41, 5.74) is 0.746. The first-order chi connectivity index (χ1) is 9.15. The van der Waals surface area contributed by atoms with E-state index in [0.717, 1.165) is 19.0 Å². The first-order valence-corrected chi connectivity index (χ1v) is 6.24. The van der Waals surface area contributed by atoms with Gasteiger partial charge in [0.25, 0.3) is 5.56 Å². The van der Waals surface area contributed by atoms with Gasteiger partial charge in [-0.1, -0.05) is 30.3 Å². The van der Waals surface area contributed by atoms with Gasteiger partial charge in [0, 0.05) is 6.04 Å². The van der Waals surface area contributed by atoms with Crippen molar-refractivity contribution in [1.29, 1.82) is 0 Å². The van der Waals surface area contributed by atoms with Crippen LogP contribution in [0.2, 0.25) is 0 Å². The molecule has 0 spiro atoms. The molecule has 0 saturated heterocycles. The Labute approximate surface area is 111 Å². The van der Waals surface area contributed by atoms with Crippen molar-refractivity contribution < 1.29 is 5.11 Å². The molecule has 1 heterocycles. The second kappa shape index (κ2) is 6.04. The molecule has 3 N–H and O–H groups in total. The van der Waals surface area contributed by atoms with Crippen LogP contribution in [0.4, 0.5) is 5.95 Å². The molecule has 1 unspecified atom stereocenters. The normalized spacial score (nSPS) is 12.1. The summed E-state index contributed by atoms with van der Waals surface area (Å²) < 4.78 is 0. The fourth-order valence-corrected chi connectivity index (χ4v) is 1.79. The van der Waals surface area contributed by atoms with Crippen LogP contribution in [0.5, 0.6) is 5.75 Å². The van der Waals surface area contributed by atoms with Crippen LogP contribution < -0.4 is 10.9 Å². The molecule has 5 nitrogen and oxygen atoms in total. The van der Waals surface area contributed by atoms with E-state index in [1.54, 1.807) is 0 Å². The van der Waals surface area contributed by atoms with Gasteiger partial charge in [0.2, 0.25) is 5.95 Å². The van der Waals surface area contributed by atoms with E-state index in [9.17, 15) is 4.79 Å². The van der Waals surface area contributed by atoms with Gasteiger partial charge in [0.15, 0.2) is 5.75 Å². The summed E-state index contributed by atoms with van der Waals surface area (Å²) in [4.78, 5) is 17.6. The lowest BCUT2D eigenvalue weighted by Gasteiger charge is -2.13. The molecule has 0 aliphatic carbocycles. The van der Waals surface area contributed by atoms with Crippen molar-refractivity contribution in [2.24, 2.45) is 0 Å². The smallest absolute Gasteiger partial charge is 0.294 e. The number of aromatic amines is 1. The molecule has 100 valence electrons. The van der Waals surface area contributed by atoms with E-state index in [2.05, 4.69) is 27.4 Å². The maximum Gasteiger partial charge on any atom is 0.294 e. The molecule has 0 bridgehead atoms.